The van der Waals surface area contributed by atoms with Crippen LogP contribution in [0.4, 0.5) is 10.1 Å². The second-order valence-corrected chi connectivity index (χ2v) is 6.86. The van der Waals surface area contributed by atoms with E-state index in [1.54, 1.807) is 6.07 Å². The quantitative estimate of drug-likeness (QED) is 0.901. The van der Waals surface area contributed by atoms with Crippen molar-refractivity contribution in [2.75, 3.05) is 25.0 Å². The van der Waals surface area contributed by atoms with Gasteiger partial charge in [-0.2, -0.15) is 0 Å². The summed E-state index contributed by atoms with van der Waals surface area (Å²) in [6.45, 7) is 2.75. The van der Waals surface area contributed by atoms with Gasteiger partial charge in [0, 0.05) is 19.6 Å². The fourth-order valence-electron chi connectivity index (χ4n) is 4.14. The zero-order valence-corrected chi connectivity index (χ0v) is 13.1. The Kier molecular flexibility index (Phi) is 4.48. The van der Waals surface area contributed by atoms with Crippen LogP contribution in [0.3, 0.4) is 0 Å². The Morgan fingerprint density at radius 2 is 1.81 bits per heavy atom. The Hall–Kier alpha value is -1.09. The minimum absolute atomic E-state index is 0.0673. The highest BCUT2D eigenvalue weighted by molar-refractivity contribution is 5.49. The molecule has 2 nitrogen and oxygen atoms in total. The summed E-state index contributed by atoms with van der Waals surface area (Å²) < 4.78 is 14.3. The zero-order chi connectivity index (χ0) is 14.7. The van der Waals surface area contributed by atoms with Gasteiger partial charge in [-0.25, -0.2) is 4.39 Å². The number of anilines is 1. The monoisotopic (exact) mass is 290 g/mol. The molecule has 1 aliphatic carbocycles. The van der Waals surface area contributed by atoms with Gasteiger partial charge in [0.25, 0.3) is 0 Å². The van der Waals surface area contributed by atoms with Crippen LogP contribution in [0.15, 0.2) is 18.2 Å². The normalized spacial score (nSPS) is 21.7. The molecule has 1 saturated carbocycles. The average molecular weight is 290 g/mol. The maximum atomic E-state index is 14.3. The first-order valence-corrected chi connectivity index (χ1v) is 8.40. The molecule has 1 aromatic rings. The minimum Gasteiger partial charge on any atom is -0.369 e. The maximum absolute atomic E-state index is 14.3. The van der Waals surface area contributed by atoms with Crippen molar-refractivity contribution in [2.45, 2.75) is 51.5 Å². The third kappa shape index (κ3) is 3.23. The molecule has 1 N–H and O–H groups in total. The molecular weight excluding hydrogens is 263 g/mol. The largest absolute Gasteiger partial charge is 0.369 e. The van der Waals surface area contributed by atoms with Crippen LogP contribution in [-0.2, 0) is 6.54 Å². The number of halogens is 1. The van der Waals surface area contributed by atoms with Crippen molar-refractivity contribution in [3.63, 3.8) is 0 Å². The molecule has 0 radical (unpaired) electrons. The van der Waals surface area contributed by atoms with E-state index in [-0.39, 0.29) is 5.82 Å². The summed E-state index contributed by atoms with van der Waals surface area (Å²) in [5.74, 6) is -0.0673. The molecule has 2 aliphatic rings. The molecule has 1 aromatic carbocycles. The molecule has 0 amide bonds. The number of nitrogens with one attached hydrogen (secondary N) is 1. The molecule has 1 heterocycles. The molecule has 21 heavy (non-hydrogen) atoms. The van der Waals surface area contributed by atoms with Crippen LogP contribution >= 0.6 is 0 Å². The summed E-state index contributed by atoms with van der Waals surface area (Å²) in [5, 5.41) is 3.07. The minimum atomic E-state index is -0.0673. The number of nitrogens with zero attached hydrogens (tertiary/aromatic N) is 1. The van der Waals surface area contributed by atoms with Crippen molar-refractivity contribution < 1.29 is 4.39 Å². The molecule has 3 rings (SSSR count). The first-order chi connectivity index (χ1) is 10.2. The zero-order valence-electron chi connectivity index (χ0n) is 13.1. The number of rotatable bonds is 3. The maximum Gasteiger partial charge on any atom is 0.146 e. The van der Waals surface area contributed by atoms with Crippen LogP contribution in [0.5, 0.6) is 0 Å². The Balaban J connectivity index is 1.66. The highest BCUT2D eigenvalue weighted by atomic mass is 19.1. The Morgan fingerprint density at radius 3 is 2.43 bits per heavy atom. The highest BCUT2D eigenvalue weighted by Crippen LogP contribution is 2.45. The van der Waals surface area contributed by atoms with Gasteiger partial charge in [0.1, 0.15) is 5.82 Å². The van der Waals surface area contributed by atoms with Crippen LogP contribution in [0, 0.1) is 11.2 Å². The number of piperidine rings is 1. The lowest BCUT2D eigenvalue weighted by atomic mass is 9.68. The summed E-state index contributed by atoms with van der Waals surface area (Å²) in [5.41, 5.74) is 2.39. The van der Waals surface area contributed by atoms with E-state index in [1.807, 2.05) is 19.2 Å². The second-order valence-electron chi connectivity index (χ2n) is 6.86. The van der Waals surface area contributed by atoms with Crippen LogP contribution in [-0.4, -0.2) is 20.1 Å². The van der Waals surface area contributed by atoms with E-state index in [2.05, 4.69) is 10.2 Å². The summed E-state index contributed by atoms with van der Waals surface area (Å²) in [7, 11) is 1.89. The number of benzene rings is 1. The van der Waals surface area contributed by atoms with E-state index in [0.29, 0.717) is 5.41 Å². The summed E-state index contributed by atoms with van der Waals surface area (Å²) in [6.07, 6.45) is 9.47. The summed E-state index contributed by atoms with van der Waals surface area (Å²) in [4.78, 5) is 2.25. The van der Waals surface area contributed by atoms with Gasteiger partial charge < -0.3 is 10.2 Å². The van der Waals surface area contributed by atoms with Crippen molar-refractivity contribution in [1.82, 2.24) is 5.32 Å². The molecule has 116 valence electrons. The van der Waals surface area contributed by atoms with Crippen molar-refractivity contribution in [3.8, 4) is 0 Å². The topological polar surface area (TPSA) is 15.3 Å². The lowest BCUT2D eigenvalue weighted by Crippen LogP contribution is -2.41. The number of hydrogen-bond donors (Lipinski definition) is 1. The molecule has 1 spiro atoms. The van der Waals surface area contributed by atoms with Crippen LogP contribution in [0.1, 0.15) is 50.5 Å². The Morgan fingerprint density at radius 1 is 1.10 bits per heavy atom. The predicted molar refractivity (Wildman–Crippen MR) is 86.1 cm³/mol. The Bertz CT molecular complexity index is 470. The van der Waals surface area contributed by atoms with Gasteiger partial charge in [-0.3, -0.25) is 0 Å². The van der Waals surface area contributed by atoms with E-state index in [9.17, 15) is 4.39 Å². The first kappa shape index (κ1) is 14.8. The average Bonchev–Trinajstić information content (AvgIpc) is 2.50. The SMILES string of the molecule is CNCc1ccc(N2CCC3(CCCCC3)CC2)c(F)c1. The van der Waals surface area contributed by atoms with Crippen molar-refractivity contribution in [3.05, 3.63) is 29.6 Å². The van der Waals surface area contributed by atoms with Gasteiger partial charge in [-0.1, -0.05) is 25.3 Å². The standard InChI is InChI=1S/C18H27FN2/c1-20-14-15-5-6-17(16(19)13-15)21-11-9-18(10-12-21)7-3-2-4-8-18/h5-6,13,20H,2-4,7-12,14H2,1H3. The van der Waals surface area contributed by atoms with E-state index >= 15 is 0 Å². The van der Waals surface area contributed by atoms with Gasteiger partial charge in [0.2, 0.25) is 0 Å². The molecule has 0 aromatic heterocycles. The molecule has 0 unspecified atom stereocenters. The smallest absolute Gasteiger partial charge is 0.146 e. The number of hydrogen-bond acceptors (Lipinski definition) is 2. The third-order valence-corrected chi connectivity index (χ3v) is 5.47. The van der Waals surface area contributed by atoms with Crippen molar-refractivity contribution in [2.24, 2.45) is 5.41 Å². The van der Waals surface area contributed by atoms with E-state index < -0.39 is 0 Å². The molecule has 3 heteroatoms. The van der Waals surface area contributed by atoms with Crippen LogP contribution < -0.4 is 10.2 Å². The fraction of sp³-hybridized carbons (Fsp3) is 0.667. The van der Waals surface area contributed by atoms with Gasteiger partial charge in [-0.15, -0.1) is 0 Å². The summed E-state index contributed by atoms with van der Waals surface area (Å²) >= 11 is 0. The Labute approximate surface area is 127 Å². The molecule has 1 aliphatic heterocycles. The van der Waals surface area contributed by atoms with Gasteiger partial charge in [0.05, 0.1) is 5.69 Å². The van der Waals surface area contributed by atoms with E-state index in [4.69, 9.17) is 0 Å². The van der Waals surface area contributed by atoms with E-state index in [1.165, 1.54) is 44.9 Å². The molecular formula is C18H27FN2. The van der Waals surface area contributed by atoms with Crippen LogP contribution in [0.25, 0.3) is 0 Å². The molecule has 0 atom stereocenters. The fourth-order valence-corrected chi connectivity index (χ4v) is 4.14. The van der Waals surface area contributed by atoms with Crippen molar-refractivity contribution >= 4 is 5.69 Å². The highest BCUT2D eigenvalue weighted by Gasteiger charge is 2.35. The first-order valence-electron chi connectivity index (χ1n) is 8.40. The molecule has 0 bridgehead atoms. The molecule has 2 fully saturated rings. The van der Waals surface area contributed by atoms with Gasteiger partial charge in [0.15, 0.2) is 0 Å². The van der Waals surface area contributed by atoms with Gasteiger partial charge in [-0.05, 0) is 55.8 Å². The lowest BCUT2D eigenvalue weighted by molar-refractivity contribution is 0.144. The van der Waals surface area contributed by atoms with Crippen LogP contribution in [0.2, 0.25) is 0 Å². The summed E-state index contributed by atoms with van der Waals surface area (Å²) in [6, 6.07) is 5.68. The molecule has 1 saturated heterocycles. The van der Waals surface area contributed by atoms with E-state index in [0.717, 1.165) is 30.9 Å². The lowest BCUT2D eigenvalue weighted by Gasteiger charge is -2.45. The van der Waals surface area contributed by atoms with Crippen molar-refractivity contribution in [1.29, 1.82) is 0 Å². The third-order valence-electron chi connectivity index (χ3n) is 5.47. The van der Waals surface area contributed by atoms with Gasteiger partial charge >= 0.3 is 0 Å². The predicted octanol–water partition coefficient (Wildman–Crippen LogP) is 4.10. The second kappa shape index (κ2) is 6.35.